The molecule has 0 radical (unpaired) electrons. The van der Waals surface area contributed by atoms with Crippen LogP contribution in [-0.4, -0.2) is 26.7 Å². The third-order valence-electron chi connectivity index (χ3n) is 3.11. The van der Waals surface area contributed by atoms with Crippen molar-refractivity contribution in [3.8, 4) is 10.6 Å². The SMILES string of the molecule is COC(=O)c1cc(-c2ccc(S(=O)(=O)Nc3ccccc3F)s2)on1. The summed E-state index contributed by atoms with van der Waals surface area (Å²) >= 11 is 0.892. The second kappa shape index (κ2) is 6.65. The maximum Gasteiger partial charge on any atom is 0.360 e. The van der Waals surface area contributed by atoms with Crippen LogP contribution in [0.2, 0.25) is 0 Å². The van der Waals surface area contributed by atoms with Gasteiger partial charge in [-0.05, 0) is 24.3 Å². The van der Waals surface area contributed by atoms with Crippen LogP contribution in [0, 0.1) is 5.82 Å². The van der Waals surface area contributed by atoms with Crippen molar-refractivity contribution >= 4 is 33.0 Å². The van der Waals surface area contributed by atoms with Gasteiger partial charge in [-0.1, -0.05) is 17.3 Å². The summed E-state index contributed by atoms with van der Waals surface area (Å²) in [7, 11) is -2.75. The van der Waals surface area contributed by atoms with E-state index in [9.17, 15) is 17.6 Å². The number of hydrogen-bond donors (Lipinski definition) is 1. The Balaban J connectivity index is 1.86. The molecule has 0 saturated carbocycles. The number of carbonyl (C=O) groups excluding carboxylic acids is 1. The van der Waals surface area contributed by atoms with E-state index in [4.69, 9.17) is 4.52 Å². The molecular weight excluding hydrogens is 371 g/mol. The molecule has 0 aliphatic carbocycles. The van der Waals surface area contributed by atoms with Crippen molar-refractivity contribution in [2.75, 3.05) is 11.8 Å². The van der Waals surface area contributed by atoms with Crippen LogP contribution in [-0.2, 0) is 14.8 Å². The van der Waals surface area contributed by atoms with Crippen LogP contribution in [0.4, 0.5) is 10.1 Å². The van der Waals surface area contributed by atoms with Crippen molar-refractivity contribution in [2.45, 2.75) is 4.21 Å². The standard InChI is InChI=1S/C15H11FN2O5S2/c1-22-15(19)11-8-12(23-17-11)13-6-7-14(24-13)25(20,21)18-10-5-3-2-4-9(10)16/h2-8,18H,1H3. The monoisotopic (exact) mass is 382 g/mol. The lowest BCUT2D eigenvalue weighted by molar-refractivity contribution is 0.0589. The number of carbonyl (C=O) groups is 1. The predicted octanol–water partition coefficient (Wildman–Crippen LogP) is 3.13. The van der Waals surface area contributed by atoms with E-state index in [-0.39, 0.29) is 21.4 Å². The summed E-state index contributed by atoms with van der Waals surface area (Å²) in [5, 5.41) is 3.56. The van der Waals surface area contributed by atoms with Crippen LogP contribution < -0.4 is 4.72 Å². The van der Waals surface area contributed by atoms with Gasteiger partial charge in [0.05, 0.1) is 17.7 Å². The van der Waals surface area contributed by atoms with Gasteiger partial charge in [0.15, 0.2) is 11.5 Å². The summed E-state index contributed by atoms with van der Waals surface area (Å²) in [6.07, 6.45) is 0. The van der Waals surface area contributed by atoms with Crippen LogP contribution >= 0.6 is 11.3 Å². The molecule has 1 aromatic carbocycles. The fourth-order valence-electron chi connectivity index (χ4n) is 1.93. The molecule has 0 bridgehead atoms. The first kappa shape index (κ1) is 17.1. The molecule has 2 heterocycles. The minimum Gasteiger partial charge on any atom is -0.464 e. The van der Waals surface area contributed by atoms with Gasteiger partial charge in [-0.2, -0.15) is 0 Å². The predicted molar refractivity (Wildman–Crippen MR) is 88.4 cm³/mol. The van der Waals surface area contributed by atoms with E-state index >= 15 is 0 Å². The number of hydrogen-bond acceptors (Lipinski definition) is 7. The molecule has 0 unspecified atom stereocenters. The van der Waals surface area contributed by atoms with Gasteiger partial charge in [-0.25, -0.2) is 17.6 Å². The molecule has 25 heavy (non-hydrogen) atoms. The van der Waals surface area contributed by atoms with Crippen LogP contribution in [0.1, 0.15) is 10.5 Å². The third-order valence-corrected chi connectivity index (χ3v) is 6.07. The zero-order chi connectivity index (χ0) is 18.0. The number of anilines is 1. The zero-order valence-corrected chi connectivity index (χ0v) is 14.4. The Kier molecular flexibility index (Phi) is 4.55. The average molecular weight is 382 g/mol. The molecule has 3 rings (SSSR count). The number of ether oxygens (including phenoxy) is 1. The van der Waals surface area contributed by atoms with Crippen molar-refractivity contribution in [2.24, 2.45) is 0 Å². The van der Waals surface area contributed by atoms with Crippen molar-refractivity contribution in [3.63, 3.8) is 0 Å². The molecule has 7 nitrogen and oxygen atoms in total. The summed E-state index contributed by atoms with van der Waals surface area (Å²) in [6.45, 7) is 0. The molecule has 0 aliphatic heterocycles. The Labute approximate surface area is 146 Å². The van der Waals surface area contributed by atoms with E-state index in [1.165, 1.54) is 43.5 Å². The van der Waals surface area contributed by atoms with Gasteiger partial charge in [0.25, 0.3) is 10.0 Å². The van der Waals surface area contributed by atoms with Crippen molar-refractivity contribution < 1.29 is 26.9 Å². The number of benzene rings is 1. The highest BCUT2D eigenvalue weighted by Crippen LogP contribution is 2.32. The highest BCUT2D eigenvalue weighted by molar-refractivity contribution is 7.94. The van der Waals surface area contributed by atoms with E-state index in [1.54, 1.807) is 0 Å². The van der Waals surface area contributed by atoms with Gasteiger partial charge >= 0.3 is 5.97 Å². The first-order valence-electron chi connectivity index (χ1n) is 6.83. The maximum atomic E-state index is 13.6. The molecule has 2 aromatic heterocycles. The van der Waals surface area contributed by atoms with Gasteiger partial charge in [0, 0.05) is 6.07 Å². The van der Waals surface area contributed by atoms with Crippen LogP contribution in [0.25, 0.3) is 10.6 Å². The Bertz CT molecular complexity index is 1030. The Morgan fingerprint density at radius 2 is 2.04 bits per heavy atom. The van der Waals surface area contributed by atoms with E-state index in [0.29, 0.717) is 4.88 Å². The molecule has 10 heteroatoms. The van der Waals surface area contributed by atoms with Crippen molar-refractivity contribution in [1.82, 2.24) is 5.16 Å². The molecule has 0 spiro atoms. The molecule has 0 fully saturated rings. The lowest BCUT2D eigenvalue weighted by Gasteiger charge is -2.06. The van der Waals surface area contributed by atoms with E-state index < -0.39 is 21.8 Å². The number of sulfonamides is 1. The minimum absolute atomic E-state index is 0.0280. The molecule has 3 aromatic rings. The van der Waals surface area contributed by atoms with Crippen LogP contribution in [0.15, 0.2) is 51.2 Å². The normalized spacial score (nSPS) is 11.3. The van der Waals surface area contributed by atoms with E-state index in [2.05, 4.69) is 14.6 Å². The molecule has 130 valence electrons. The first-order chi connectivity index (χ1) is 11.9. The Morgan fingerprint density at radius 1 is 1.28 bits per heavy atom. The van der Waals surface area contributed by atoms with Gasteiger partial charge in [0.2, 0.25) is 0 Å². The number of nitrogens with one attached hydrogen (secondary N) is 1. The molecular formula is C15H11FN2O5S2. The Hall–Kier alpha value is -2.72. The summed E-state index contributed by atoms with van der Waals surface area (Å²) in [6, 6.07) is 9.65. The second-order valence-electron chi connectivity index (χ2n) is 4.77. The fourth-order valence-corrected chi connectivity index (χ4v) is 4.25. The fraction of sp³-hybridized carbons (Fsp3) is 0.0667. The maximum absolute atomic E-state index is 13.6. The summed E-state index contributed by atoms with van der Waals surface area (Å²) in [5.41, 5.74) is -0.176. The number of esters is 1. The zero-order valence-electron chi connectivity index (χ0n) is 12.7. The molecule has 0 atom stereocenters. The second-order valence-corrected chi connectivity index (χ2v) is 7.77. The highest BCUT2D eigenvalue weighted by atomic mass is 32.2. The topological polar surface area (TPSA) is 98.5 Å². The molecule has 0 saturated heterocycles. The van der Waals surface area contributed by atoms with E-state index in [1.807, 2.05) is 0 Å². The summed E-state index contributed by atoms with van der Waals surface area (Å²) in [4.78, 5) is 11.8. The summed E-state index contributed by atoms with van der Waals surface area (Å²) in [5.74, 6) is -1.13. The average Bonchev–Trinajstić information content (AvgIpc) is 3.25. The van der Waals surface area contributed by atoms with Gasteiger partial charge in [-0.3, -0.25) is 4.72 Å². The van der Waals surface area contributed by atoms with Crippen LogP contribution in [0.5, 0.6) is 0 Å². The van der Waals surface area contributed by atoms with Crippen molar-refractivity contribution in [1.29, 1.82) is 0 Å². The van der Waals surface area contributed by atoms with Gasteiger partial charge in [0.1, 0.15) is 10.0 Å². The van der Waals surface area contributed by atoms with Crippen LogP contribution in [0.3, 0.4) is 0 Å². The van der Waals surface area contributed by atoms with Gasteiger partial charge in [-0.15, -0.1) is 11.3 Å². The molecule has 0 amide bonds. The molecule has 0 aliphatic rings. The Morgan fingerprint density at radius 3 is 2.76 bits per heavy atom. The minimum atomic E-state index is -3.96. The number of methoxy groups -OCH3 is 1. The number of para-hydroxylation sites is 1. The number of nitrogens with zero attached hydrogens (tertiary/aromatic N) is 1. The number of rotatable bonds is 5. The number of aromatic nitrogens is 1. The third kappa shape index (κ3) is 3.54. The van der Waals surface area contributed by atoms with Gasteiger partial charge < -0.3 is 9.26 Å². The highest BCUT2D eigenvalue weighted by Gasteiger charge is 2.21. The number of thiophene rings is 1. The van der Waals surface area contributed by atoms with E-state index in [0.717, 1.165) is 17.4 Å². The van der Waals surface area contributed by atoms with Crippen molar-refractivity contribution in [3.05, 3.63) is 54.0 Å². The summed E-state index contributed by atoms with van der Waals surface area (Å²) < 4.78 is 50.1. The molecule has 1 N–H and O–H groups in total. The quantitative estimate of drug-likeness (QED) is 0.681. The smallest absolute Gasteiger partial charge is 0.360 e. The lowest BCUT2D eigenvalue weighted by Crippen LogP contribution is -2.12. The first-order valence-corrected chi connectivity index (χ1v) is 9.13. The number of halogens is 1. The lowest BCUT2D eigenvalue weighted by atomic mass is 10.3. The largest absolute Gasteiger partial charge is 0.464 e.